The van der Waals surface area contributed by atoms with Crippen molar-refractivity contribution in [2.24, 2.45) is 0 Å². The maximum atomic E-state index is 12.7. The lowest BCUT2D eigenvalue weighted by Crippen LogP contribution is -2.43. The number of carbonyl (C=O) groups is 1. The maximum absolute atomic E-state index is 12.7. The second-order valence-corrected chi connectivity index (χ2v) is 6.98. The van der Waals surface area contributed by atoms with E-state index in [1.54, 1.807) is 6.07 Å². The van der Waals surface area contributed by atoms with E-state index in [9.17, 15) is 18.0 Å². The highest BCUT2D eigenvalue weighted by Gasteiger charge is 2.30. The standard InChI is InChI=1S/C22H20F3N3O2/c23-22(24,25)16-3-1-15(2-4-16)19-9-10-20(30-19)21(29)27-17-5-7-18(8-6-17)28-13-11-26-12-14-28/h1-10,26H,11-14H2,(H,27,29). The lowest BCUT2D eigenvalue weighted by atomic mass is 10.1. The van der Waals surface area contributed by atoms with Crippen molar-refractivity contribution in [1.29, 1.82) is 0 Å². The van der Waals surface area contributed by atoms with Crippen LogP contribution in [0.2, 0.25) is 0 Å². The average Bonchev–Trinajstić information content (AvgIpc) is 3.25. The molecule has 2 N–H and O–H groups in total. The Morgan fingerprint density at radius 2 is 1.60 bits per heavy atom. The van der Waals surface area contributed by atoms with Crippen LogP contribution in [0.4, 0.5) is 24.5 Å². The molecule has 156 valence electrons. The molecule has 1 saturated heterocycles. The molecule has 0 spiro atoms. The first kappa shape index (κ1) is 20.0. The molecule has 5 nitrogen and oxygen atoms in total. The first-order chi connectivity index (χ1) is 14.4. The summed E-state index contributed by atoms with van der Waals surface area (Å²) in [5, 5.41) is 6.07. The van der Waals surface area contributed by atoms with Crippen molar-refractivity contribution < 1.29 is 22.4 Å². The number of anilines is 2. The van der Waals surface area contributed by atoms with E-state index >= 15 is 0 Å². The molecule has 2 heterocycles. The van der Waals surface area contributed by atoms with E-state index in [2.05, 4.69) is 15.5 Å². The third kappa shape index (κ3) is 4.49. The smallest absolute Gasteiger partial charge is 0.416 e. The lowest BCUT2D eigenvalue weighted by molar-refractivity contribution is -0.137. The van der Waals surface area contributed by atoms with Crippen LogP contribution in [-0.4, -0.2) is 32.1 Å². The molecule has 0 unspecified atom stereocenters. The molecular formula is C22H20F3N3O2. The van der Waals surface area contributed by atoms with Gasteiger partial charge in [0.05, 0.1) is 5.56 Å². The van der Waals surface area contributed by atoms with Crippen LogP contribution in [0.25, 0.3) is 11.3 Å². The van der Waals surface area contributed by atoms with Crippen molar-refractivity contribution in [3.8, 4) is 11.3 Å². The van der Waals surface area contributed by atoms with Crippen LogP contribution in [0.3, 0.4) is 0 Å². The van der Waals surface area contributed by atoms with Gasteiger partial charge < -0.3 is 20.0 Å². The number of hydrogen-bond acceptors (Lipinski definition) is 4. The Hall–Kier alpha value is -3.26. The molecule has 0 saturated carbocycles. The lowest BCUT2D eigenvalue weighted by Gasteiger charge is -2.29. The van der Waals surface area contributed by atoms with E-state index in [0.29, 0.717) is 17.0 Å². The molecule has 0 radical (unpaired) electrons. The van der Waals surface area contributed by atoms with Crippen LogP contribution in [-0.2, 0) is 6.18 Å². The Balaban J connectivity index is 1.41. The van der Waals surface area contributed by atoms with E-state index in [1.807, 2.05) is 24.3 Å². The molecule has 30 heavy (non-hydrogen) atoms. The molecule has 1 aliphatic heterocycles. The van der Waals surface area contributed by atoms with Gasteiger partial charge in [-0.15, -0.1) is 0 Å². The number of nitrogens with zero attached hydrogens (tertiary/aromatic N) is 1. The summed E-state index contributed by atoms with van der Waals surface area (Å²) >= 11 is 0. The number of nitrogens with one attached hydrogen (secondary N) is 2. The molecule has 4 rings (SSSR count). The van der Waals surface area contributed by atoms with Crippen LogP contribution < -0.4 is 15.5 Å². The van der Waals surface area contributed by atoms with Gasteiger partial charge in [-0.2, -0.15) is 13.2 Å². The van der Waals surface area contributed by atoms with E-state index in [1.165, 1.54) is 18.2 Å². The van der Waals surface area contributed by atoms with Gasteiger partial charge in [0.15, 0.2) is 5.76 Å². The molecule has 1 aliphatic rings. The number of furan rings is 1. The van der Waals surface area contributed by atoms with Crippen molar-refractivity contribution in [2.75, 3.05) is 36.4 Å². The first-order valence-corrected chi connectivity index (χ1v) is 9.55. The third-order valence-corrected chi connectivity index (χ3v) is 4.93. The highest BCUT2D eigenvalue weighted by atomic mass is 19.4. The summed E-state index contributed by atoms with van der Waals surface area (Å²) in [4.78, 5) is 14.7. The van der Waals surface area contributed by atoms with Gasteiger partial charge in [0, 0.05) is 43.1 Å². The molecule has 1 amide bonds. The minimum Gasteiger partial charge on any atom is -0.451 e. The van der Waals surface area contributed by atoms with Gasteiger partial charge in [0.2, 0.25) is 0 Å². The van der Waals surface area contributed by atoms with Crippen LogP contribution in [0.15, 0.2) is 65.1 Å². The van der Waals surface area contributed by atoms with Crippen molar-refractivity contribution >= 4 is 17.3 Å². The molecule has 2 aromatic carbocycles. The van der Waals surface area contributed by atoms with Gasteiger partial charge in [-0.3, -0.25) is 4.79 Å². The molecule has 1 fully saturated rings. The highest BCUT2D eigenvalue weighted by Crippen LogP contribution is 2.31. The molecule has 1 aromatic heterocycles. The first-order valence-electron chi connectivity index (χ1n) is 9.55. The molecule has 3 aromatic rings. The fourth-order valence-electron chi connectivity index (χ4n) is 3.31. The second kappa shape index (κ2) is 8.23. The number of benzene rings is 2. The zero-order chi connectivity index (χ0) is 21.1. The van der Waals surface area contributed by atoms with Crippen molar-refractivity contribution in [3.05, 3.63) is 72.0 Å². The van der Waals surface area contributed by atoms with Crippen LogP contribution in [0, 0.1) is 0 Å². The van der Waals surface area contributed by atoms with Crippen molar-refractivity contribution in [3.63, 3.8) is 0 Å². The van der Waals surface area contributed by atoms with Crippen LogP contribution in [0.5, 0.6) is 0 Å². The summed E-state index contributed by atoms with van der Waals surface area (Å²) in [5.74, 6) is -0.0258. The normalized spacial score (nSPS) is 14.6. The van der Waals surface area contributed by atoms with Crippen molar-refractivity contribution in [2.45, 2.75) is 6.18 Å². The van der Waals surface area contributed by atoms with Crippen LogP contribution in [0.1, 0.15) is 16.1 Å². The minimum atomic E-state index is -4.40. The van der Waals surface area contributed by atoms with Gasteiger partial charge in [0.25, 0.3) is 5.91 Å². The summed E-state index contributed by atoms with van der Waals surface area (Å²) in [6, 6.07) is 15.2. The zero-order valence-corrected chi connectivity index (χ0v) is 16.0. The predicted octanol–water partition coefficient (Wildman–Crippen LogP) is 4.63. The molecular weight excluding hydrogens is 395 g/mol. The second-order valence-electron chi connectivity index (χ2n) is 6.98. The van der Waals surface area contributed by atoms with Gasteiger partial charge in [-0.25, -0.2) is 0 Å². The minimum absolute atomic E-state index is 0.0797. The SMILES string of the molecule is O=C(Nc1ccc(N2CCNCC2)cc1)c1ccc(-c2ccc(C(F)(F)F)cc2)o1. The highest BCUT2D eigenvalue weighted by molar-refractivity contribution is 6.02. The molecule has 8 heteroatoms. The maximum Gasteiger partial charge on any atom is 0.416 e. The third-order valence-electron chi connectivity index (χ3n) is 4.93. The van der Waals surface area contributed by atoms with Gasteiger partial charge in [-0.1, -0.05) is 12.1 Å². The van der Waals surface area contributed by atoms with E-state index in [-0.39, 0.29) is 5.76 Å². The predicted molar refractivity (Wildman–Crippen MR) is 109 cm³/mol. The monoisotopic (exact) mass is 415 g/mol. The quantitative estimate of drug-likeness (QED) is 0.653. The van der Waals surface area contributed by atoms with Crippen LogP contribution >= 0.6 is 0 Å². The van der Waals surface area contributed by atoms with Gasteiger partial charge in [-0.05, 0) is 48.5 Å². The Morgan fingerprint density at radius 3 is 2.23 bits per heavy atom. The number of alkyl halides is 3. The Bertz CT molecular complexity index is 1010. The Morgan fingerprint density at radius 1 is 0.933 bits per heavy atom. The number of amides is 1. The number of piperazine rings is 1. The fourth-order valence-corrected chi connectivity index (χ4v) is 3.31. The van der Waals surface area contributed by atoms with E-state index < -0.39 is 17.6 Å². The topological polar surface area (TPSA) is 57.5 Å². The van der Waals surface area contributed by atoms with Gasteiger partial charge in [0.1, 0.15) is 5.76 Å². The summed E-state index contributed by atoms with van der Waals surface area (Å²) in [5.41, 5.74) is 1.45. The largest absolute Gasteiger partial charge is 0.451 e. The summed E-state index contributed by atoms with van der Waals surface area (Å²) in [7, 11) is 0. The van der Waals surface area contributed by atoms with E-state index in [0.717, 1.165) is 44.0 Å². The van der Waals surface area contributed by atoms with E-state index in [4.69, 9.17) is 4.42 Å². The molecule has 0 bridgehead atoms. The van der Waals surface area contributed by atoms with Gasteiger partial charge >= 0.3 is 6.18 Å². The summed E-state index contributed by atoms with van der Waals surface area (Å²) < 4.78 is 43.6. The summed E-state index contributed by atoms with van der Waals surface area (Å²) in [6.07, 6.45) is -4.40. The number of hydrogen-bond donors (Lipinski definition) is 2. The van der Waals surface area contributed by atoms with Crippen molar-refractivity contribution in [1.82, 2.24) is 5.32 Å². The number of rotatable bonds is 4. The molecule has 0 atom stereocenters. The number of halogens is 3. The Labute approximate surface area is 171 Å². The zero-order valence-electron chi connectivity index (χ0n) is 16.0. The molecule has 0 aliphatic carbocycles. The average molecular weight is 415 g/mol. The summed E-state index contributed by atoms with van der Waals surface area (Å²) in [6.45, 7) is 3.76. The Kier molecular flexibility index (Phi) is 5.50. The number of carbonyl (C=O) groups excluding carboxylic acids is 1. The fraction of sp³-hybridized carbons (Fsp3) is 0.227.